The quantitative estimate of drug-likeness (QED) is 0.751. The van der Waals surface area contributed by atoms with Crippen LogP contribution in [-0.2, 0) is 14.3 Å². The summed E-state index contributed by atoms with van der Waals surface area (Å²) in [6.07, 6.45) is 0. The summed E-state index contributed by atoms with van der Waals surface area (Å²) in [7, 11) is 3.18. The molecule has 0 unspecified atom stereocenters. The van der Waals surface area contributed by atoms with E-state index in [1.165, 1.54) is 7.11 Å². The van der Waals surface area contributed by atoms with E-state index in [1.807, 2.05) is 0 Å². The first kappa shape index (κ1) is 17.5. The standard InChI is InChI=1S/C16H19ClN2O4/c1-18(7-9-20)14-13(11-3-5-12(17)6-4-11)15(21)19(16(14)22)8-10-23-2/h3-6,20H,7-10H2,1-2H3. The van der Waals surface area contributed by atoms with Gasteiger partial charge in [-0.25, -0.2) is 0 Å². The highest BCUT2D eigenvalue weighted by atomic mass is 35.5. The van der Waals surface area contributed by atoms with Crippen molar-refractivity contribution < 1.29 is 19.4 Å². The second-order valence-corrected chi connectivity index (χ2v) is 5.57. The van der Waals surface area contributed by atoms with E-state index in [-0.39, 0.29) is 43.8 Å². The average Bonchev–Trinajstić information content (AvgIpc) is 2.77. The number of carbonyl (C=O) groups is 2. The third-order valence-electron chi connectivity index (χ3n) is 3.61. The Morgan fingerprint density at radius 3 is 2.43 bits per heavy atom. The van der Waals surface area contributed by atoms with Gasteiger partial charge >= 0.3 is 0 Å². The number of hydrogen-bond acceptors (Lipinski definition) is 5. The number of imide groups is 1. The zero-order chi connectivity index (χ0) is 17.0. The first-order valence-corrected chi connectivity index (χ1v) is 7.56. The van der Waals surface area contributed by atoms with Gasteiger partial charge in [0.15, 0.2) is 0 Å². The summed E-state index contributed by atoms with van der Waals surface area (Å²) in [6, 6.07) is 6.75. The number of amides is 2. The monoisotopic (exact) mass is 338 g/mol. The molecule has 0 radical (unpaired) electrons. The van der Waals surface area contributed by atoms with Crippen LogP contribution in [0.25, 0.3) is 5.57 Å². The molecule has 1 heterocycles. The molecule has 0 fully saturated rings. The van der Waals surface area contributed by atoms with Gasteiger partial charge in [0.1, 0.15) is 5.70 Å². The molecule has 1 aliphatic rings. The summed E-state index contributed by atoms with van der Waals surface area (Å²) in [5.41, 5.74) is 1.22. The maximum atomic E-state index is 12.7. The summed E-state index contributed by atoms with van der Waals surface area (Å²) >= 11 is 5.89. The number of hydrogen-bond donors (Lipinski definition) is 1. The van der Waals surface area contributed by atoms with Gasteiger partial charge in [0.2, 0.25) is 0 Å². The Labute approximate surface area is 139 Å². The van der Waals surface area contributed by atoms with Crippen molar-refractivity contribution in [3.63, 3.8) is 0 Å². The van der Waals surface area contributed by atoms with Crippen molar-refractivity contribution in [1.29, 1.82) is 0 Å². The lowest BCUT2D eigenvalue weighted by Crippen LogP contribution is -2.37. The number of aliphatic hydroxyl groups is 1. The Hall–Kier alpha value is -1.89. The Bertz CT molecular complexity index is 627. The number of methoxy groups -OCH3 is 1. The van der Waals surface area contributed by atoms with Gasteiger partial charge in [-0.1, -0.05) is 23.7 Å². The van der Waals surface area contributed by atoms with Gasteiger partial charge in [0.05, 0.1) is 25.3 Å². The molecule has 7 heteroatoms. The molecule has 0 saturated heterocycles. The largest absolute Gasteiger partial charge is 0.395 e. The van der Waals surface area contributed by atoms with Crippen molar-refractivity contribution in [3.8, 4) is 0 Å². The number of benzene rings is 1. The number of ether oxygens (including phenoxy) is 1. The molecule has 2 rings (SSSR count). The minimum absolute atomic E-state index is 0.118. The Morgan fingerprint density at radius 1 is 1.22 bits per heavy atom. The Balaban J connectivity index is 2.46. The molecule has 1 aromatic rings. The lowest BCUT2D eigenvalue weighted by atomic mass is 10.0. The van der Waals surface area contributed by atoms with Crippen molar-refractivity contribution >= 4 is 29.0 Å². The topological polar surface area (TPSA) is 70.1 Å². The second-order valence-electron chi connectivity index (χ2n) is 5.13. The molecule has 0 bridgehead atoms. The van der Waals surface area contributed by atoms with E-state index in [0.29, 0.717) is 16.2 Å². The van der Waals surface area contributed by atoms with E-state index < -0.39 is 0 Å². The van der Waals surface area contributed by atoms with Gasteiger partial charge in [-0.2, -0.15) is 0 Å². The number of aliphatic hydroxyl groups excluding tert-OH is 1. The summed E-state index contributed by atoms with van der Waals surface area (Å²) in [5, 5.41) is 9.69. The molecule has 0 atom stereocenters. The van der Waals surface area contributed by atoms with E-state index in [9.17, 15) is 9.59 Å². The predicted molar refractivity (Wildman–Crippen MR) is 86.7 cm³/mol. The van der Waals surface area contributed by atoms with Crippen molar-refractivity contribution in [3.05, 3.63) is 40.5 Å². The third kappa shape index (κ3) is 3.55. The first-order chi connectivity index (χ1) is 11.0. The summed E-state index contributed by atoms with van der Waals surface area (Å²) in [6.45, 7) is 0.584. The van der Waals surface area contributed by atoms with E-state index >= 15 is 0 Å². The van der Waals surface area contributed by atoms with Crippen LogP contribution in [0.5, 0.6) is 0 Å². The van der Waals surface area contributed by atoms with Gasteiger partial charge in [-0.05, 0) is 17.7 Å². The van der Waals surface area contributed by atoms with Crippen molar-refractivity contribution in [2.24, 2.45) is 0 Å². The van der Waals surface area contributed by atoms with Gasteiger partial charge in [-0.3, -0.25) is 14.5 Å². The Morgan fingerprint density at radius 2 is 1.87 bits per heavy atom. The minimum Gasteiger partial charge on any atom is -0.395 e. The lowest BCUT2D eigenvalue weighted by molar-refractivity contribution is -0.138. The molecular formula is C16H19ClN2O4. The van der Waals surface area contributed by atoms with Crippen LogP contribution < -0.4 is 0 Å². The van der Waals surface area contributed by atoms with E-state index in [0.717, 1.165) is 4.90 Å². The van der Waals surface area contributed by atoms with E-state index in [4.69, 9.17) is 21.4 Å². The zero-order valence-corrected chi connectivity index (χ0v) is 13.8. The molecule has 1 N–H and O–H groups in total. The van der Waals surface area contributed by atoms with Gasteiger partial charge in [0.25, 0.3) is 11.8 Å². The molecular weight excluding hydrogens is 320 g/mol. The van der Waals surface area contributed by atoms with Gasteiger partial charge in [-0.15, -0.1) is 0 Å². The highest BCUT2D eigenvalue weighted by Crippen LogP contribution is 2.31. The van der Waals surface area contributed by atoms with Crippen LogP contribution in [0.15, 0.2) is 30.0 Å². The fourth-order valence-corrected chi connectivity index (χ4v) is 2.57. The zero-order valence-electron chi connectivity index (χ0n) is 13.1. The summed E-state index contributed by atoms with van der Waals surface area (Å²) in [4.78, 5) is 28.1. The maximum absolute atomic E-state index is 12.7. The number of carbonyl (C=O) groups excluding carboxylic acids is 2. The molecule has 6 nitrogen and oxygen atoms in total. The van der Waals surface area contributed by atoms with Crippen LogP contribution in [0.2, 0.25) is 5.02 Å². The molecule has 0 aliphatic carbocycles. The molecule has 0 spiro atoms. The number of halogens is 1. The lowest BCUT2D eigenvalue weighted by Gasteiger charge is -2.20. The van der Waals surface area contributed by atoms with Crippen LogP contribution in [0.4, 0.5) is 0 Å². The molecule has 0 saturated carbocycles. The Kier molecular flexibility index (Phi) is 5.76. The van der Waals surface area contributed by atoms with Crippen LogP contribution in [0.1, 0.15) is 5.56 Å². The van der Waals surface area contributed by atoms with Crippen molar-refractivity contribution in [2.45, 2.75) is 0 Å². The molecule has 0 aromatic heterocycles. The predicted octanol–water partition coefficient (Wildman–Crippen LogP) is 0.990. The molecule has 2 amide bonds. The SMILES string of the molecule is COCCN1C(=O)C(c2ccc(Cl)cc2)=C(N(C)CCO)C1=O. The van der Waals surface area contributed by atoms with Crippen molar-refractivity contribution in [2.75, 3.05) is 40.5 Å². The van der Waals surface area contributed by atoms with E-state index in [1.54, 1.807) is 36.2 Å². The molecule has 124 valence electrons. The molecule has 23 heavy (non-hydrogen) atoms. The normalized spacial score (nSPS) is 14.9. The van der Waals surface area contributed by atoms with Crippen LogP contribution in [0.3, 0.4) is 0 Å². The molecule has 1 aliphatic heterocycles. The highest BCUT2D eigenvalue weighted by molar-refractivity contribution is 6.36. The smallest absolute Gasteiger partial charge is 0.277 e. The fraction of sp³-hybridized carbons (Fsp3) is 0.375. The summed E-state index contributed by atoms with van der Waals surface area (Å²) < 4.78 is 4.96. The third-order valence-corrected chi connectivity index (χ3v) is 3.86. The minimum atomic E-state index is -0.382. The second kappa shape index (κ2) is 7.59. The average molecular weight is 339 g/mol. The highest BCUT2D eigenvalue weighted by Gasteiger charge is 2.40. The number of rotatable bonds is 7. The number of likely N-dealkylation sites (N-methyl/N-ethyl adjacent to an activating group) is 1. The first-order valence-electron chi connectivity index (χ1n) is 7.18. The van der Waals surface area contributed by atoms with Crippen LogP contribution >= 0.6 is 11.6 Å². The van der Waals surface area contributed by atoms with Crippen LogP contribution in [0, 0.1) is 0 Å². The summed E-state index contributed by atoms with van der Waals surface area (Å²) in [5.74, 6) is -0.748. The fourth-order valence-electron chi connectivity index (χ4n) is 2.44. The number of nitrogens with zero attached hydrogens (tertiary/aromatic N) is 2. The van der Waals surface area contributed by atoms with E-state index in [2.05, 4.69) is 0 Å². The van der Waals surface area contributed by atoms with Crippen LogP contribution in [-0.4, -0.2) is 67.2 Å². The van der Waals surface area contributed by atoms with Crippen molar-refractivity contribution in [1.82, 2.24) is 9.80 Å². The van der Waals surface area contributed by atoms with Gasteiger partial charge in [0, 0.05) is 25.7 Å². The maximum Gasteiger partial charge on any atom is 0.277 e. The van der Waals surface area contributed by atoms with Gasteiger partial charge < -0.3 is 14.7 Å². The molecule has 1 aromatic carbocycles.